The highest BCUT2D eigenvalue weighted by atomic mass is 35.5. The van der Waals surface area contributed by atoms with Crippen molar-refractivity contribution in [1.82, 2.24) is 15.3 Å². The summed E-state index contributed by atoms with van der Waals surface area (Å²) in [5.41, 5.74) is 5.19. The van der Waals surface area contributed by atoms with Gasteiger partial charge in [0.15, 0.2) is 0 Å². The van der Waals surface area contributed by atoms with Crippen molar-refractivity contribution in [3.63, 3.8) is 0 Å². The summed E-state index contributed by atoms with van der Waals surface area (Å²) in [7, 11) is 0. The van der Waals surface area contributed by atoms with Crippen LogP contribution in [0.2, 0.25) is 5.02 Å². The third-order valence-electron chi connectivity index (χ3n) is 5.29. The smallest absolute Gasteiger partial charge is 0.251 e. The molecular weight excluding hydrogens is 346 g/mol. The van der Waals surface area contributed by atoms with Gasteiger partial charge in [-0.3, -0.25) is 4.79 Å². The van der Waals surface area contributed by atoms with Gasteiger partial charge in [0.1, 0.15) is 0 Å². The minimum atomic E-state index is -0.0392. The average molecular weight is 364 g/mol. The molecular formula is C21H18ClN3O. The summed E-state index contributed by atoms with van der Waals surface area (Å²) < 4.78 is 0. The number of aromatic nitrogens is 2. The fraction of sp³-hybridized carbons (Fsp3) is 0.190. The van der Waals surface area contributed by atoms with Crippen LogP contribution >= 0.6 is 11.6 Å². The van der Waals surface area contributed by atoms with Crippen molar-refractivity contribution >= 4 is 39.3 Å². The van der Waals surface area contributed by atoms with Gasteiger partial charge in [-0.05, 0) is 67.3 Å². The highest BCUT2D eigenvalue weighted by Crippen LogP contribution is 2.36. The average Bonchev–Trinajstić information content (AvgIpc) is 3.25. The first-order valence-electron chi connectivity index (χ1n) is 8.87. The Hall–Kier alpha value is -2.72. The van der Waals surface area contributed by atoms with Crippen LogP contribution in [0.5, 0.6) is 0 Å². The summed E-state index contributed by atoms with van der Waals surface area (Å²) in [5, 5.41) is 6.16. The van der Waals surface area contributed by atoms with Gasteiger partial charge in [-0.2, -0.15) is 0 Å². The highest BCUT2D eigenvalue weighted by Gasteiger charge is 2.26. The Balaban J connectivity index is 1.48. The minimum Gasteiger partial charge on any atom is -0.361 e. The summed E-state index contributed by atoms with van der Waals surface area (Å²) in [6.07, 6.45) is 4.88. The molecule has 2 aromatic heterocycles. The topological polar surface area (TPSA) is 60.7 Å². The van der Waals surface area contributed by atoms with Crippen LogP contribution in [-0.2, 0) is 6.42 Å². The number of fused-ring (bicyclic) bond motifs is 4. The maximum Gasteiger partial charge on any atom is 0.251 e. The number of halogens is 1. The van der Waals surface area contributed by atoms with Gasteiger partial charge in [-0.15, -0.1) is 0 Å². The third kappa shape index (κ3) is 2.49. The van der Waals surface area contributed by atoms with Gasteiger partial charge in [-0.25, -0.2) is 0 Å². The molecule has 130 valence electrons. The Labute approximate surface area is 155 Å². The summed E-state index contributed by atoms with van der Waals surface area (Å²) in [4.78, 5) is 19.5. The number of benzene rings is 2. The van der Waals surface area contributed by atoms with E-state index < -0.39 is 0 Å². The number of rotatable bonds is 2. The molecule has 0 aliphatic heterocycles. The molecule has 2 aromatic carbocycles. The zero-order valence-corrected chi connectivity index (χ0v) is 14.9. The minimum absolute atomic E-state index is 0.000604. The Morgan fingerprint density at radius 1 is 1.12 bits per heavy atom. The number of carbonyl (C=O) groups excluding carboxylic acids is 1. The van der Waals surface area contributed by atoms with Crippen molar-refractivity contribution in [1.29, 1.82) is 0 Å². The van der Waals surface area contributed by atoms with Crippen molar-refractivity contribution < 1.29 is 4.79 Å². The highest BCUT2D eigenvalue weighted by molar-refractivity contribution is 6.31. The van der Waals surface area contributed by atoms with E-state index in [2.05, 4.69) is 15.3 Å². The molecule has 2 heterocycles. The quantitative estimate of drug-likeness (QED) is 0.455. The van der Waals surface area contributed by atoms with Crippen molar-refractivity contribution in [2.24, 2.45) is 0 Å². The van der Waals surface area contributed by atoms with E-state index in [1.54, 1.807) is 0 Å². The molecule has 1 aliphatic rings. The van der Waals surface area contributed by atoms with Crippen molar-refractivity contribution in [3.8, 4) is 0 Å². The second kappa shape index (κ2) is 5.92. The van der Waals surface area contributed by atoms with Gasteiger partial charge < -0.3 is 15.3 Å². The molecule has 26 heavy (non-hydrogen) atoms. The van der Waals surface area contributed by atoms with Crippen LogP contribution in [0.3, 0.4) is 0 Å². The second-order valence-corrected chi connectivity index (χ2v) is 7.34. The van der Waals surface area contributed by atoms with Crippen LogP contribution in [0.4, 0.5) is 0 Å². The lowest BCUT2D eigenvalue weighted by atomic mass is 9.91. The summed E-state index contributed by atoms with van der Waals surface area (Å²) in [6.45, 7) is 0. The first-order valence-corrected chi connectivity index (χ1v) is 9.25. The number of hydrogen-bond donors (Lipinski definition) is 3. The maximum atomic E-state index is 12.8. The molecule has 1 atom stereocenters. The monoisotopic (exact) mass is 363 g/mol. The van der Waals surface area contributed by atoms with Gasteiger partial charge in [0.25, 0.3) is 5.91 Å². The number of carbonyl (C=O) groups is 1. The maximum absolute atomic E-state index is 12.8. The van der Waals surface area contributed by atoms with Gasteiger partial charge in [0.05, 0.1) is 6.04 Å². The molecule has 0 spiro atoms. The number of aryl methyl sites for hydroxylation is 1. The number of hydrogen-bond acceptors (Lipinski definition) is 1. The predicted octanol–water partition coefficient (Wildman–Crippen LogP) is 5.11. The molecule has 1 amide bonds. The lowest BCUT2D eigenvalue weighted by Gasteiger charge is -2.24. The number of H-pyrrole nitrogens is 2. The van der Waals surface area contributed by atoms with E-state index >= 15 is 0 Å². The first-order chi connectivity index (χ1) is 12.7. The van der Waals surface area contributed by atoms with Gasteiger partial charge >= 0.3 is 0 Å². The van der Waals surface area contributed by atoms with E-state index in [-0.39, 0.29) is 11.9 Å². The summed E-state index contributed by atoms with van der Waals surface area (Å²) >= 11 is 6.17. The SMILES string of the molecule is O=C(NC1CCCc2c1[nH]c1ccc(Cl)cc21)c1ccc2[nH]ccc2c1. The van der Waals surface area contributed by atoms with E-state index in [1.807, 2.05) is 48.7 Å². The van der Waals surface area contributed by atoms with Crippen LogP contribution < -0.4 is 5.32 Å². The van der Waals surface area contributed by atoms with E-state index in [1.165, 1.54) is 10.9 Å². The zero-order valence-electron chi connectivity index (χ0n) is 14.1. The molecule has 0 bridgehead atoms. The van der Waals surface area contributed by atoms with E-state index in [4.69, 9.17) is 11.6 Å². The van der Waals surface area contributed by atoms with Gasteiger partial charge in [0.2, 0.25) is 0 Å². The normalized spacial score (nSPS) is 16.7. The Morgan fingerprint density at radius 2 is 2.00 bits per heavy atom. The number of nitrogens with one attached hydrogen (secondary N) is 3. The fourth-order valence-corrected chi connectivity index (χ4v) is 4.19. The second-order valence-electron chi connectivity index (χ2n) is 6.91. The summed E-state index contributed by atoms with van der Waals surface area (Å²) in [6, 6.07) is 13.6. The molecule has 1 aliphatic carbocycles. The van der Waals surface area contributed by atoms with E-state index in [0.717, 1.165) is 46.4 Å². The van der Waals surface area contributed by atoms with Crippen molar-refractivity contribution in [2.75, 3.05) is 0 Å². The lowest BCUT2D eigenvalue weighted by Crippen LogP contribution is -2.31. The molecule has 3 N–H and O–H groups in total. The van der Waals surface area contributed by atoms with E-state index in [0.29, 0.717) is 5.56 Å². The first kappa shape index (κ1) is 15.5. The Bertz CT molecular complexity index is 1140. The molecule has 0 fully saturated rings. The van der Waals surface area contributed by atoms with Gasteiger partial charge in [-0.1, -0.05) is 11.6 Å². The molecule has 4 nitrogen and oxygen atoms in total. The lowest BCUT2D eigenvalue weighted by molar-refractivity contribution is 0.0932. The van der Waals surface area contributed by atoms with Crippen molar-refractivity contribution in [3.05, 3.63) is 70.5 Å². The summed E-state index contributed by atoms with van der Waals surface area (Å²) in [5.74, 6) is -0.0392. The van der Waals surface area contributed by atoms with Crippen LogP contribution in [0.15, 0.2) is 48.7 Å². The standard InChI is InChI=1S/C21H18ClN3O/c22-14-5-7-18-16(11-14)15-2-1-3-19(20(15)24-18)25-21(26)13-4-6-17-12(10-13)8-9-23-17/h4-11,19,23-24H,1-3H2,(H,25,26). The Morgan fingerprint density at radius 3 is 2.92 bits per heavy atom. The molecule has 0 saturated heterocycles. The zero-order chi connectivity index (χ0) is 17.7. The van der Waals surface area contributed by atoms with Crippen LogP contribution in [-0.4, -0.2) is 15.9 Å². The van der Waals surface area contributed by atoms with Crippen molar-refractivity contribution in [2.45, 2.75) is 25.3 Å². The third-order valence-corrected chi connectivity index (χ3v) is 5.53. The molecule has 1 unspecified atom stereocenters. The molecule has 4 aromatic rings. The molecule has 0 saturated carbocycles. The molecule has 5 rings (SSSR count). The van der Waals surface area contributed by atoms with Crippen LogP contribution in [0.1, 0.15) is 40.5 Å². The number of aromatic amines is 2. The van der Waals surface area contributed by atoms with Gasteiger partial charge in [0, 0.05) is 44.3 Å². The predicted molar refractivity (Wildman–Crippen MR) is 105 cm³/mol. The fourth-order valence-electron chi connectivity index (χ4n) is 4.02. The molecule has 0 radical (unpaired) electrons. The van der Waals surface area contributed by atoms with Crippen LogP contribution in [0.25, 0.3) is 21.8 Å². The van der Waals surface area contributed by atoms with E-state index in [9.17, 15) is 4.79 Å². The van der Waals surface area contributed by atoms with Crippen LogP contribution in [0, 0.1) is 0 Å². The molecule has 5 heteroatoms. The number of amides is 1. The Kier molecular flexibility index (Phi) is 3.54. The largest absolute Gasteiger partial charge is 0.361 e.